The standard InChI is InChI=1S/C13H17FN2O2/c1-13(14)11(15)8-16(12(13)17)7-9-3-5-10(18-2)6-4-9/h3-6,11H,7-8,15H2,1-2H3/t11-,13-/m1/s1. The Morgan fingerprint density at radius 3 is 2.56 bits per heavy atom. The van der Waals surface area contributed by atoms with E-state index in [4.69, 9.17) is 10.5 Å². The van der Waals surface area contributed by atoms with Gasteiger partial charge in [0, 0.05) is 13.1 Å². The fourth-order valence-corrected chi connectivity index (χ4v) is 2.05. The summed E-state index contributed by atoms with van der Waals surface area (Å²) in [4.78, 5) is 13.3. The number of carbonyl (C=O) groups is 1. The topological polar surface area (TPSA) is 55.6 Å². The van der Waals surface area contributed by atoms with Crippen molar-refractivity contribution in [2.75, 3.05) is 13.7 Å². The van der Waals surface area contributed by atoms with Crippen molar-refractivity contribution in [2.24, 2.45) is 5.73 Å². The Kier molecular flexibility index (Phi) is 3.26. The third-order valence-corrected chi connectivity index (χ3v) is 3.35. The monoisotopic (exact) mass is 252 g/mol. The number of hydrogen-bond donors (Lipinski definition) is 1. The van der Waals surface area contributed by atoms with Gasteiger partial charge in [-0.3, -0.25) is 4.79 Å². The highest BCUT2D eigenvalue weighted by atomic mass is 19.1. The molecule has 4 nitrogen and oxygen atoms in total. The maximum atomic E-state index is 13.9. The van der Waals surface area contributed by atoms with Crippen molar-refractivity contribution in [1.29, 1.82) is 0 Å². The van der Waals surface area contributed by atoms with Crippen LogP contribution in [0.1, 0.15) is 12.5 Å². The van der Waals surface area contributed by atoms with Crippen molar-refractivity contribution in [3.63, 3.8) is 0 Å². The number of hydrogen-bond acceptors (Lipinski definition) is 3. The number of methoxy groups -OCH3 is 1. The lowest BCUT2D eigenvalue weighted by molar-refractivity contribution is -0.137. The van der Waals surface area contributed by atoms with Crippen LogP contribution in [0.5, 0.6) is 5.75 Å². The van der Waals surface area contributed by atoms with Crippen molar-refractivity contribution in [3.8, 4) is 5.75 Å². The first-order valence-electron chi connectivity index (χ1n) is 5.82. The second kappa shape index (κ2) is 4.57. The van der Waals surface area contributed by atoms with Gasteiger partial charge in [0.15, 0.2) is 0 Å². The van der Waals surface area contributed by atoms with Gasteiger partial charge in [-0.25, -0.2) is 4.39 Å². The van der Waals surface area contributed by atoms with Gasteiger partial charge in [-0.1, -0.05) is 12.1 Å². The Hall–Kier alpha value is -1.62. The highest BCUT2D eigenvalue weighted by Gasteiger charge is 2.49. The van der Waals surface area contributed by atoms with E-state index < -0.39 is 17.6 Å². The molecule has 18 heavy (non-hydrogen) atoms. The summed E-state index contributed by atoms with van der Waals surface area (Å²) in [6.07, 6.45) is 0. The van der Waals surface area contributed by atoms with Gasteiger partial charge >= 0.3 is 0 Å². The highest BCUT2D eigenvalue weighted by Crippen LogP contribution is 2.27. The lowest BCUT2D eigenvalue weighted by Crippen LogP contribution is -2.43. The molecule has 0 aromatic heterocycles. The number of halogens is 1. The summed E-state index contributed by atoms with van der Waals surface area (Å²) in [5.41, 5.74) is 4.61. The van der Waals surface area contributed by atoms with Crippen molar-refractivity contribution in [2.45, 2.75) is 25.2 Å². The van der Waals surface area contributed by atoms with E-state index in [0.29, 0.717) is 6.54 Å². The summed E-state index contributed by atoms with van der Waals surface area (Å²) < 4.78 is 19.0. The number of likely N-dealkylation sites (tertiary alicyclic amines) is 1. The van der Waals surface area contributed by atoms with Gasteiger partial charge in [0.25, 0.3) is 5.91 Å². The molecule has 1 aliphatic heterocycles. The van der Waals surface area contributed by atoms with Crippen molar-refractivity contribution in [3.05, 3.63) is 29.8 Å². The zero-order chi connectivity index (χ0) is 13.3. The van der Waals surface area contributed by atoms with Crippen LogP contribution in [-0.2, 0) is 11.3 Å². The Balaban J connectivity index is 2.08. The number of alkyl halides is 1. The fourth-order valence-electron chi connectivity index (χ4n) is 2.05. The normalized spacial score (nSPS) is 27.7. The third-order valence-electron chi connectivity index (χ3n) is 3.35. The van der Waals surface area contributed by atoms with Gasteiger partial charge in [0.05, 0.1) is 13.2 Å². The Morgan fingerprint density at radius 2 is 2.11 bits per heavy atom. The van der Waals surface area contributed by atoms with E-state index >= 15 is 0 Å². The first-order valence-corrected chi connectivity index (χ1v) is 5.82. The van der Waals surface area contributed by atoms with E-state index in [1.54, 1.807) is 7.11 Å². The molecule has 0 radical (unpaired) electrons. The first kappa shape index (κ1) is 12.8. The van der Waals surface area contributed by atoms with Gasteiger partial charge in [0.2, 0.25) is 5.67 Å². The SMILES string of the molecule is COc1ccc(CN2C[C@@H](N)[C@@](C)(F)C2=O)cc1. The summed E-state index contributed by atoms with van der Waals surface area (Å²) in [5.74, 6) is 0.212. The average Bonchev–Trinajstić information content (AvgIpc) is 2.54. The summed E-state index contributed by atoms with van der Waals surface area (Å²) in [6, 6.07) is 6.56. The van der Waals surface area contributed by atoms with Crippen molar-refractivity contribution in [1.82, 2.24) is 4.90 Å². The molecule has 0 spiro atoms. The number of amides is 1. The maximum Gasteiger partial charge on any atom is 0.262 e. The largest absolute Gasteiger partial charge is 0.497 e. The molecular weight excluding hydrogens is 235 g/mol. The second-order valence-corrected chi connectivity index (χ2v) is 4.72. The van der Waals surface area contributed by atoms with Crippen molar-refractivity contribution < 1.29 is 13.9 Å². The molecule has 0 bridgehead atoms. The Bertz CT molecular complexity index is 445. The van der Waals surface area contributed by atoms with E-state index in [1.807, 2.05) is 24.3 Å². The van der Waals surface area contributed by atoms with Gasteiger partial charge in [-0.15, -0.1) is 0 Å². The molecule has 2 rings (SSSR count). The van der Waals surface area contributed by atoms with E-state index in [1.165, 1.54) is 11.8 Å². The number of rotatable bonds is 3. The first-order chi connectivity index (χ1) is 8.45. The molecule has 1 heterocycles. The smallest absolute Gasteiger partial charge is 0.262 e. The number of carbonyl (C=O) groups excluding carboxylic acids is 1. The van der Waals surface area contributed by atoms with Crippen LogP contribution in [0.2, 0.25) is 0 Å². The van der Waals surface area contributed by atoms with Gasteiger partial charge in [-0.05, 0) is 24.6 Å². The molecule has 2 atom stereocenters. The molecule has 1 aromatic rings. The number of ether oxygens (including phenoxy) is 1. The molecule has 2 N–H and O–H groups in total. The number of nitrogens with zero attached hydrogens (tertiary/aromatic N) is 1. The van der Waals surface area contributed by atoms with E-state index in [2.05, 4.69) is 0 Å². The summed E-state index contributed by atoms with van der Waals surface area (Å²) >= 11 is 0. The fraction of sp³-hybridized carbons (Fsp3) is 0.462. The molecule has 1 aliphatic rings. The molecule has 1 saturated heterocycles. The molecule has 1 fully saturated rings. The van der Waals surface area contributed by atoms with Crippen LogP contribution < -0.4 is 10.5 Å². The van der Waals surface area contributed by atoms with Crippen LogP contribution in [0.4, 0.5) is 4.39 Å². The Morgan fingerprint density at radius 1 is 1.50 bits per heavy atom. The average molecular weight is 252 g/mol. The van der Waals surface area contributed by atoms with Crippen molar-refractivity contribution >= 4 is 5.91 Å². The summed E-state index contributed by atoms with van der Waals surface area (Å²) in [7, 11) is 1.59. The predicted molar refractivity (Wildman–Crippen MR) is 65.9 cm³/mol. The van der Waals surface area contributed by atoms with E-state index in [0.717, 1.165) is 11.3 Å². The van der Waals surface area contributed by atoms with Crippen LogP contribution in [0.15, 0.2) is 24.3 Å². The third kappa shape index (κ3) is 2.18. The minimum absolute atomic E-state index is 0.248. The highest BCUT2D eigenvalue weighted by molar-refractivity contribution is 5.88. The van der Waals surface area contributed by atoms with Crippen LogP contribution in [0.3, 0.4) is 0 Å². The molecular formula is C13H17FN2O2. The van der Waals surface area contributed by atoms with E-state index in [9.17, 15) is 9.18 Å². The van der Waals surface area contributed by atoms with Crippen LogP contribution >= 0.6 is 0 Å². The number of benzene rings is 1. The molecule has 0 unspecified atom stereocenters. The molecule has 0 aliphatic carbocycles. The van der Waals surface area contributed by atoms with Crippen LogP contribution in [0.25, 0.3) is 0 Å². The quantitative estimate of drug-likeness (QED) is 0.876. The van der Waals surface area contributed by atoms with Gasteiger partial charge in [0.1, 0.15) is 5.75 Å². The molecule has 98 valence electrons. The number of nitrogens with two attached hydrogens (primary N) is 1. The van der Waals surface area contributed by atoms with Crippen LogP contribution in [0, 0.1) is 0 Å². The zero-order valence-electron chi connectivity index (χ0n) is 10.5. The maximum absolute atomic E-state index is 13.9. The minimum atomic E-state index is -1.95. The van der Waals surface area contributed by atoms with E-state index in [-0.39, 0.29) is 6.54 Å². The minimum Gasteiger partial charge on any atom is -0.497 e. The molecule has 0 saturated carbocycles. The Labute approximate surface area is 106 Å². The van der Waals surface area contributed by atoms with Gasteiger partial charge < -0.3 is 15.4 Å². The molecule has 1 amide bonds. The zero-order valence-corrected chi connectivity index (χ0v) is 10.5. The molecule has 1 aromatic carbocycles. The predicted octanol–water partition coefficient (Wildman–Crippen LogP) is 1.09. The second-order valence-electron chi connectivity index (χ2n) is 4.72. The summed E-state index contributed by atoms with van der Waals surface area (Å²) in [5, 5.41) is 0. The summed E-state index contributed by atoms with van der Waals surface area (Å²) in [6.45, 7) is 1.86. The lowest BCUT2D eigenvalue weighted by atomic mass is 10.0. The molecule has 5 heteroatoms. The lowest BCUT2D eigenvalue weighted by Gasteiger charge is -2.17. The van der Waals surface area contributed by atoms with Crippen LogP contribution in [-0.4, -0.2) is 36.2 Å². The van der Waals surface area contributed by atoms with Gasteiger partial charge in [-0.2, -0.15) is 0 Å².